The molecule has 0 aromatic rings. The van der Waals surface area contributed by atoms with Gasteiger partial charge in [0.25, 0.3) is 0 Å². The van der Waals surface area contributed by atoms with Crippen molar-refractivity contribution in [2.45, 2.75) is 76.2 Å². The highest BCUT2D eigenvalue weighted by atomic mass is 32.3. The SMILES string of the molecule is CCCC(CCC)C[C@@]1(O)O[C@H](COS(=O)(=O)O)[C@H](OS(=O)(=O)O)[C@H](OS(=O)(=O)O)[C@H]1OS(=O)(=O)O. The summed E-state index contributed by atoms with van der Waals surface area (Å²) in [5.74, 6) is -3.52. The van der Waals surface area contributed by atoms with E-state index >= 15 is 0 Å². The van der Waals surface area contributed by atoms with Gasteiger partial charge in [0, 0.05) is 6.42 Å². The van der Waals surface area contributed by atoms with E-state index in [1.165, 1.54) is 0 Å². The standard InChI is InChI=1S/C14H28O18S4/c1-3-5-9(6-4-2)7-14(15)13(32-36(25,26)27)12(31-35(22,23)24)11(30-34(19,20)21)10(29-14)8-28-33(16,17)18/h9-13,15H,3-8H2,1-2H3,(H,16,17,18)(H,19,20,21)(H,22,23,24)(H,25,26,27)/t10-,11+,12+,13-,14-/m1/s1. The Kier molecular flexibility index (Phi) is 11.6. The van der Waals surface area contributed by atoms with Gasteiger partial charge in [0.1, 0.15) is 18.3 Å². The van der Waals surface area contributed by atoms with Crippen LogP contribution in [-0.4, -0.2) is 93.8 Å². The number of aliphatic hydroxyl groups is 1. The summed E-state index contributed by atoms with van der Waals surface area (Å²) in [6.45, 7) is 2.09. The minimum Gasteiger partial charge on any atom is -0.363 e. The van der Waals surface area contributed by atoms with Crippen molar-refractivity contribution in [3.63, 3.8) is 0 Å². The van der Waals surface area contributed by atoms with Gasteiger partial charge in [-0.15, -0.1) is 0 Å². The van der Waals surface area contributed by atoms with E-state index in [4.69, 9.17) is 13.8 Å². The molecule has 1 rings (SSSR count). The summed E-state index contributed by atoms with van der Waals surface area (Å²) in [5, 5.41) is 11.3. The van der Waals surface area contributed by atoms with E-state index in [1.54, 1.807) is 13.8 Å². The monoisotopic (exact) mass is 612 g/mol. The molecule has 0 aliphatic carbocycles. The molecule has 0 aromatic heterocycles. The highest BCUT2D eigenvalue weighted by molar-refractivity contribution is 7.81. The van der Waals surface area contributed by atoms with E-state index in [0.29, 0.717) is 25.7 Å². The molecule has 1 fully saturated rings. The van der Waals surface area contributed by atoms with Crippen LogP contribution in [0.15, 0.2) is 0 Å². The fourth-order valence-electron chi connectivity index (χ4n) is 3.83. The summed E-state index contributed by atoms with van der Waals surface area (Å²) >= 11 is 0. The molecule has 216 valence electrons. The summed E-state index contributed by atoms with van der Waals surface area (Å²) in [5.41, 5.74) is 0. The van der Waals surface area contributed by atoms with Gasteiger partial charge in [-0.05, 0) is 5.92 Å². The normalized spacial score (nSPS) is 28.4. The largest absolute Gasteiger partial charge is 0.397 e. The molecule has 0 aromatic carbocycles. The summed E-state index contributed by atoms with van der Waals surface area (Å²) < 4.78 is 149. The number of rotatable bonds is 15. The van der Waals surface area contributed by atoms with Crippen LogP contribution in [0.25, 0.3) is 0 Å². The van der Waals surface area contributed by atoms with E-state index < -0.39 is 90.7 Å². The zero-order valence-corrected chi connectivity index (χ0v) is 22.1. The van der Waals surface area contributed by atoms with Gasteiger partial charge in [-0.1, -0.05) is 39.5 Å². The highest BCUT2D eigenvalue weighted by Gasteiger charge is 2.60. The topological polar surface area (TPSA) is 284 Å². The third kappa shape index (κ3) is 11.8. The van der Waals surface area contributed by atoms with E-state index in [-0.39, 0.29) is 0 Å². The van der Waals surface area contributed by atoms with Gasteiger partial charge in [0.15, 0.2) is 11.9 Å². The van der Waals surface area contributed by atoms with Crippen LogP contribution >= 0.6 is 0 Å². The molecule has 1 aliphatic rings. The van der Waals surface area contributed by atoms with Crippen molar-refractivity contribution in [3.8, 4) is 0 Å². The summed E-state index contributed by atoms with van der Waals surface area (Å²) in [6, 6.07) is 0. The summed E-state index contributed by atoms with van der Waals surface area (Å²) in [7, 11) is -22.1. The molecule has 18 nitrogen and oxygen atoms in total. The lowest BCUT2D eigenvalue weighted by Gasteiger charge is -2.49. The van der Waals surface area contributed by atoms with Gasteiger partial charge in [-0.3, -0.25) is 18.2 Å². The maximum absolute atomic E-state index is 11.5. The summed E-state index contributed by atoms with van der Waals surface area (Å²) in [4.78, 5) is 0. The molecule has 5 N–H and O–H groups in total. The minimum absolute atomic E-state index is 0.374. The Morgan fingerprint density at radius 3 is 1.58 bits per heavy atom. The summed E-state index contributed by atoms with van der Waals surface area (Å²) in [6.07, 6.45) is -9.11. The first-order chi connectivity index (χ1) is 16.1. The van der Waals surface area contributed by atoms with E-state index in [2.05, 4.69) is 16.7 Å². The Morgan fingerprint density at radius 1 is 0.750 bits per heavy atom. The predicted molar refractivity (Wildman–Crippen MR) is 115 cm³/mol. The Hall–Kier alpha value is -0.600. The van der Waals surface area contributed by atoms with E-state index in [9.17, 15) is 47.9 Å². The van der Waals surface area contributed by atoms with Crippen LogP contribution in [0.2, 0.25) is 0 Å². The third-order valence-corrected chi connectivity index (χ3v) is 6.65. The lowest BCUT2D eigenvalue weighted by Crippen LogP contribution is -2.68. The van der Waals surface area contributed by atoms with Crippen LogP contribution in [0.4, 0.5) is 0 Å². The Morgan fingerprint density at radius 2 is 1.19 bits per heavy atom. The van der Waals surface area contributed by atoms with E-state index in [1.807, 2.05) is 0 Å². The maximum Gasteiger partial charge on any atom is 0.397 e. The van der Waals surface area contributed by atoms with Gasteiger partial charge in [0.2, 0.25) is 0 Å². The lowest BCUT2D eigenvalue weighted by molar-refractivity contribution is -0.342. The molecule has 0 spiro atoms. The van der Waals surface area contributed by atoms with Gasteiger partial charge >= 0.3 is 41.6 Å². The van der Waals surface area contributed by atoms with Crippen LogP contribution < -0.4 is 0 Å². The fraction of sp³-hybridized carbons (Fsp3) is 1.00. The van der Waals surface area contributed by atoms with Crippen molar-refractivity contribution >= 4 is 41.6 Å². The number of hydrogen-bond donors (Lipinski definition) is 5. The second-order valence-electron chi connectivity index (χ2n) is 7.78. The first-order valence-electron chi connectivity index (χ1n) is 10.1. The lowest BCUT2D eigenvalue weighted by atomic mass is 9.83. The molecule has 0 unspecified atom stereocenters. The van der Waals surface area contributed by atoms with Gasteiger partial charge in [-0.25, -0.2) is 16.7 Å². The van der Waals surface area contributed by atoms with Crippen molar-refractivity contribution in [2.24, 2.45) is 5.92 Å². The molecule has 0 bridgehead atoms. The van der Waals surface area contributed by atoms with Crippen LogP contribution in [0.1, 0.15) is 46.0 Å². The molecule has 0 saturated carbocycles. The zero-order chi connectivity index (χ0) is 28.2. The van der Waals surface area contributed by atoms with Gasteiger partial charge in [-0.2, -0.15) is 33.7 Å². The molecule has 0 amide bonds. The van der Waals surface area contributed by atoms with Crippen molar-refractivity contribution < 1.29 is 78.5 Å². The van der Waals surface area contributed by atoms with Crippen LogP contribution in [0.3, 0.4) is 0 Å². The second-order valence-corrected chi connectivity index (χ2v) is 12.0. The molecule has 36 heavy (non-hydrogen) atoms. The van der Waals surface area contributed by atoms with Crippen molar-refractivity contribution in [3.05, 3.63) is 0 Å². The quantitative estimate of drug-likeness (QED) is 0.139. The maximum atomic E-state index is 11.5. The second kappa shape index (κ2) is 12.5. The average molecular weight is 613 g/mol. The highest BCUT2D eigenvalue weighted by Crippen LogP contribution is 2.40. The Balaban J connectivity index is 3.78. The Labute approximate surface area is 208 Å². The first kappa shape index (κ1) is 33.4. The molecule has 22 heteroatoms. The molecule has 5 atom stereocenters. The Bertz CT molecular complexity index is 1140. The number of hydrogen-bond acceptors (Lipinski definition) is 14. The molecule has 0 radical (unpaired) electrons. The average Bonchev–Trinajstić information content (AvgIpc) is 2.63. The minimum atomic E-state index is -5.65. The van der Waals surface area contributed by atoms with E-state index in [0.717, 1.165) is 0 Å². The van der Waals surface area contributed by atoms with Crippen LogP contribution in [0, 0.1) is 5.92 Å². The molecule has 1 aliphatic heterocycles. The number of ether oxygens (including phenoxy) is 1. The van der Waals surface area contributed by atoms with Gasteiger partial charge < -0.3 is 9.84 Å². The fourth-order valence-corrected chi connectivity index (χ4v) is 5.66. The van der Waals surface area contributed by atoms with Crippen LogP contribution in [0.5, 0.6) is 0 Å². The van der Waals surface area contributed by atoms with Crippen molar-refractivity contribution in [1.82, 2.24) is 0 Å². The molecular formula is C14H28O18S4. The predicted octanol–water partition coefficient (Wildman–Crippen LogP) is -0.936. The van der Waals surface area contributed by atoms with Crippen molar-refractivity contribution in [1.29, 1.82) is 0 Å². The third-order valence-electron chi connectivity index (χ3n) is 4.84. The molecule has 1 heterocycles. The first-order valence-corrected chi connectivity index (χ1v) is 15.5. The van der Waals surface area contributed by atoms with Gasteiger partial charge in [0.05, 0.1) is 6.61 Å². The molecular weight excluding hydrogens is 584 g/mol. The zero-order valence-electron chi connectivity index (χ0n) is 18.8. The van der Waals surface area contributed by atoms with Crippen LogP contribution in [-0.2, 0) is 63.1 Å². The smallest absolute Gasteiger partial charge is 0.363 e. The van der Waals surface area contributed by atoms with Crippen molar-refractivity contribution in [2.75, 3.05) is 6.61 Å². The molecule has 1 saturated heterocycles.